The number of hydrogen-bond acceptors (Lipinski definition) is 9. The van der Waals surface area contributed by atoms with Crippen LogP contribution in [0.2, 0.25) is 0 Å². The van der Waals surface area contributed by atoms with E-state index in [1.54, 1.807) is 17.7 Å². The van der Waals surface area contributed by atoms with Crippen molar-refractivity contribution in [2.75, 3.05) is 50.0 Å². The van der Waals surface area contributed by atoms with Gasteiger partial charge in [-0.05, 0) is 81.6 Å². The highest BCUT2D eigenvalue weighted by Gasteiger charge is 2.44. The van der Waals surface area contributed by atoms with Gasteiger partial charge in [-0.2, -0.15) is 0 Å². The fraction of sp³-hybridized carbons (Fsp3) is 0.487. The van der Waals surface area contributed by atoms with Crippen LogP contribution in [-0.4, -0.2) is 71.2 Å². The Morgan fingerprint density at radius 3 is 2.57 bits per heavy atom. The number of nitrogens with two attached hydrogens (primary N) is 1. The summed E-state index contributed by atoms with van der Waals surface area (Å²) in [7, 11) is 0. The van der Waals surface area contributed by atoms with E-state index >= 15 is 0 Å². The van der Waals surface area contributed by atoms with Gasteiger partial charge in [0.2, 0.25) is 0 Å². The van der Waals surface area contributed by atoms with Crippen molar-refractivity contribution >= 4 is 34.3 Å². The van der Waals surface area contributed by atoms with Crippen molar-refractivity contribution in [2.24, 2.45) is 17.8 Å². The van der Waals surface area contributed by atoms with Gasteiger partial charge in [0, 0.05) is 67.0 Å². The maximum absolute atomic E-state index is 13.0. The van der Waals surface area contributed by atoms with E-state index in [2.05, 4.69) is 31.9 Å². The van der Waals surface area contributed by atoms with Crippen LogP contribution in [0.3, 0.4) is 0 Å². The monoisotopic (exact) mass is 666 g/mol. The predicted octanol–water partition coefficient (Wildman–Crippen LogP) is 6.33. The maximum Gasteiger partial charge on any atom is 0.257 e. The zero-order valence-electron chi connectivity index (χ0n) is 29.1. The number of ketones is 1. The van der Waals surface area contributed by atoms with Gasteiger partial charge in [0.25, 0.3) is 5.91 Å². The summed E-state index contributed by atoms with van der Waals surface area (Å²) in [6.07, 6.45) is 10.9. The highest BCUT2D eigenvalue weighted by molar-refractivity contribution is 6.02. The highest BCUT2D eigenvalue weighted by Crippen LogP contribution is 2.49. The number of rotatable bonds is 13. The van der Waals surface area contributed by atoms with Gasteiger partial charge in [-0.1, -0.05) is 44.2 Å². The SMILES string of the molecule is C=C(C)c1c(OCC(=O)NCC2CC2C(=C2CCC2)N2CCN(c3cc(C4=CCCC=C4O)nnc3N)CC2)cccc1C(=O)C(C)CC. The average molecular weight is 667 g/mol. The molecule has 4 aliphatic rings. The van der Waals surface area contributed by atoms with Gasteiger partial charge in [-0.15, -0.1) is 10.2 Å². The van der Waals surface area contributed by atoms with Crippen molar-refractivity contribution in [3.8, 4) is 5.75 Å². The van der Waals surface area contributed by atoms with Crippen molar-refractivity contribution in [1.82, 2.24) is 20.4 Å². The first-order chi connectivity index (χ1) is 23.7. The van der Waals surface area contributed by atoms with E-state index in [0.29, 0.717) is 52.3 Å². The fourth-order valence-corrected chi connectivity index (χ4v) is 7.19. The number of aliphatic hydroxyl groups excluding tert-OH is 1. The molecule has 1 aromatic heterocycles. The summed E-state index contributed by atoms with van der Waals surface area (Å²) in [4.78, 5) is 30.8. The van der Waals surface area contributed by atoms with Crippen LogP contribution in [0.4, 0.5) is 11.5 Å². The summed E-state index contributed by atoms with van der Waals surface area (Å²) in [5.74, 6) is 1.81. The number of carbonyl (C=O) groups excluding carboxylic acids is 2. The summed E-state index contributed by atoms with van der Waals surface area (Å²) in [5.41, 5.74) is 13.6. The van der Waals surface area contributed by atoms with E-state index in [1.165, 1.54) is 12.1 Å². The number of nitrogens with zero attached hydrogens (tertiary/aromatic N) is 4. The zero-order chi connectivity index (χ0) is 34.7. The summed E-state index contributed by atoms with van der Waals surface area (Å²) in [5, 5.41) is 22.0. The lowest BCUT2D eigenvalue weighted by Crippen LogP contribution is -2.47. The second-order valence-corrected chi connectivity index (χ2v) is 13.9. The number of ether oxygens (including phenoxy) is 1. The third-order valence-corrected chi connectivity index (χ3v) is 10.5. The minimum Gasteiger partial charge on any atom is -0.508 e. The molecule has 3 aliphatic carbocycles. The first-order valence-corrected chi connectivity index (χ1v) is 17.8. The van der Waals surface area contributed by atoms with Crippen molar-refractivity contribution < 1.29 is 19.4 Å². The molecule has 6 rings (SSSR count). The van der Waals surface area contributed by atoms with Gasteiger partial charge in [0.05, 0.1) is 11.4 Å². The lowest BCUT2D eigenvalue weighted by molar-refractivity contribution is -0.123. The van der Waals surface area contributed by atoms with Gasteiger partial charge in [0.1, 0.15) is 11.5 Å². The normalized spacial score (nSPS) is 20.8. The summed E-state index contributed by atoms with van der Waals surface area (Å²) in [6, 6.07) is 7.37. The number of piperazine rings is 1. The molecule has 10 nitrogen and oxygen atoms in total. The largest absolute Gasteiger partial charge is 0.508 e. The van der Waals surface area contributed by atoms with Crippen LogP contribution in [0.1, 0.15) is 87.3 Å². The second-order valence-electron chi connectivity index (χ2n) is 13.9. The zero-order valence-corrected chi connectivity index (χ0v) is 29.1. The van der Waals surface area contributed by atoms with Crippen molar-refractivity contribution in [3.63, 3.8) is 0 Å². The fourth-order valence-electron chi connectivity index (χ4n) is 7.19. The predicted molar refractivity (Wildman–Crippen MR) is 194 cm³/mol. The number of allylic oxidation sites excluding steroid dienone is 6. The number of aromatic nitrogens is 2. The Kier molecular flexibility index (Phi) is 10.4. The van der Waals surface area contributed by atoms with Gasteiger partial charge in [-0.25, -0.2) is 0 Å². The van der Waals surface area contributed by atoms with E-state index in [1.807, 2.05) is 45.1 Å². The van der Waals surface area contributed by atoms with Crippen LogP contribution >= 0.6 is 0 Å². The Morgan fingerprint density at radius 2 is 1.90 bits per heavy atom. The van der Waals surface area contributed by atoms with Crippen LogP contribution in [0.15, 0.2) is 60.0 Å². The standard InChI is InChI=1S/C39H50N6O4/c1-5-25(4)38(48)29-13-9-15-34(36(29)24(2)3)49-23-35(47)41-22-27-20-30(27)37(26-10-8-11-26)45-18-16-44(17-19-45)32-21-31(42-43-39(32)40)28-12-6-7-14-33(28)46/h9,12-15,21,25,27,30,46H,2,5-8,10-11,16-20,22-23H2,1,3-4H3,(H2,40,43)(H,41,47). The lowest BCUT2D eigenvalue weighted by atomic mass is 9.88. The third-order valence-electron chi connectivity index (χ3n) is 10.5. The Morgan fingerprint density at radius 1 is 1.14 bits per heavy atom. The Balaban J connectivity index is 1.03. The van der Waals surface area contributed by atoms with Crippen LogP contribution in [0.5, 0.6) is 5.75 Å². The van der Waals surface area contributed by atoms with Gasteiger partial charge in [0.15, 0.2) is 18.2 Å². The number of Topliss-reactive ketones (excluding diaryl/α,β-unsaturated/α-hetero) is 1. The quantitative estimate of drug-likeness (QED) is 0.210. The summed E-state index contributed by atoms with van der Waals surface area (Å²) in [6.45, 7) is 13.8. The minimum absolute atomic E-state index is 0.0620. The molecule has 3 atom stereocenters. The number of nitrogen functional groups attached to an aromatic ring is 1. The molecule has 2 aromatic rings. The van der Waals surface area contributed by atoms with Gasteiger partial charge >= 0.3 is 0 Å². The Labute approximate surface area is 289 Å². The molecule has 3 unspecified atom stereocenters. The van der Waals surface area contributed by atoms with Crippen molar-refractivity contribution in [2.45, 2.75) is 65.7 Å². The van der Waals surface area contributed by atoms with Crippen LogP contribution < -0.4 is 20.7 Å². The third kappa shape index (κ3) is 7.53. The molecule has 0 spiro atoms. The number of carbonyl (C=O) groups is 2. The molecule has 1 saturated heterocycles. The number of nitrogens with one attached hydrogen (secondary N) is 1. The number of aliphatic hydroxyl groups is 1. The second kappa shape index (κ2) is 14.9. The number of amides is 1. The molecule has 260 valence electrons. The number of hydrogen-bond donors (Lipinski definition) is 3. The first kappa shape index (κ1) is 34.3. The molecule has 0 radical (unpaired) electrons. The number of anilines is 2. The molecule has 1 aromatic carbocycles. The Hall–Kier alpha value is -4.60. The molecule has 1 aliphatic heterocycles. The van der Waals surface area contributed by atoms with E-state index in [4.69, 9.17) is 10.5 Å². The van der Waals surface area contributed by atoms with Crippen LogP contribution in [0.25, 0.3) is 11.1 Å². The molecule has 4 N–H and O–H groups in total. The molecule has 49 heavy (non-hydrogen) atoms. The molecule has 1 amide bonds. The van der Waals surface area contributed by atoms with E-state index < -0.39 is 0 Å². The molecule has 2 saturated carbocycles. The van der Waals surface area contributed by atoms with E-state index in [9.17, 15) is 14.7 Å². The van der Waals surface area contributed by atoms with Crippen molar-refractivity contribution in [1.29, 1.82) is 0 Å². The lowest BCUT2D eigenvalue weighted by Gasteiger charge is -2.41. The van der Waals surface area contributed by atoms with Gasteiger partial charge < -0.3 is 30.7 Å². The maximum atomic E-state index is 13.0. The molecular weight excluding hydrogens is 616 g/mol. The van der Waals surface area contributed by atoms with E-state index in [-0.39, 0.29) is 30.0 Å². The molecule has 2 heterocycles. The number of benzene rings is 1. The topological polar surface area (TPSA) is 134 Å². The Bertz CT molecular complexity index is 1700. The van der Waals surface area contributed by atoms with Crippen LogP contribution in [0, 0.1) is 17.8 Å². The van der Waals surface area contributed by atoms with Gasteiger partial charge in [-0.3, -0.25) is 9.59 Å². The van der Waals surface area contributed by atoms with Crippen LogP contribution in [-0.2, 0) is 4.79 Å². The minimum atomic E-state index is -0.167. The van der Waals surface area contributed by atoms with E-state index in [0.717, 1.165) is 76.0 Å². The van der Waals surface area contributed by atoms with Crippen molar-refractivity contribution in [3.05, 3.63) is 76.8 Å². The molecule has 3 fully saturated rings. The molecular formula is C39H50N6O4. The summed E-state index contributed by atoms with van der Waals surface area (Å²) < 4.78 is 5.97. The summed E-state index contributed by atoms with van der Waals surface area (Å²) >= 11 is 0. The molecule has 0 bridgehead atoms. The molecule has 10 heteroatoms. The highest BCUT2D eigenvalue weighted by atomic mass is 16.5. The first-order valence-electron chi connectivity index (χ1n) is 17.8. The average Bonchev–Trinajstić information content (AvgIpc) is 3.86. The smallest absolute Gasteiger partial charge is 0.257 e.